The highest BCUT2D eigenvalue weighted by Crippen LogP contribution is 2.26. The lowest BCUT2D eigenvalue weighted by Crippen LogP contribution is -2.36. The summed E-state index contributed by atoms with van der Waals surface area (Å²) in [6.45, 7) is 5.18. The monoisotopic (exact) mass is 253 g/mol. The Morgan fingerprint density at radius 1 is 1.24 bits per heavy atom. The van der Waals surface area contributed by atoms with Crippen LogP contribution in [-0.2, 0) is 0 Å². The first-order valence-corrected chi connectivity index (χ1v) is 6.65. The van der Waals surface area contributed by atoms with Crippen molar-refractivity contribution < 1.29 is 5.11 Å². The van der Waals surface area contributed by atoms with Gasteiger partial charge >= 0.3 is 0 Å². The van der Waals surface area contributed by atoms with Gasteiger partial charge in [-0.1, -0.05) is 23.7 Å². The van der Waals surface area contributed by atoms with Crippen LogP contribution in [0.2, 0.25) is 5.02 Å². The van der Waals surface area contributed by atoms with Crippen LogP contribution in [0.15, 0.2) is 24.3 Å². The summed E-state index contributed by atoms with van der Waals surface area (Å²) in [4.78, 5) is 2.39. The van der Waals surface area contributed by atoms with Crippen LogP contribution < -0.4 is 0 Å². The van der Waals surface area contributed by atoms with Crippen molar-refractivity contribution in [2.45, 2.75) is 44.9 Å². The normalized spacial score (nSPS) is 27.3. The smallest absolute Gasteiger partial charge is 0.0917 e. The highest BCUT2D eigenvalue weighted by atomic mass is 35.5. The number of benzene rings is 1. The van der Waals surface area contributed by atoms with E-state index in [2.05, 4.69) is 18.7 Å². The van der Waals surface area contributed by atoms with Crippen molar-refractivity contribution in [1.82, 2.24) is 4.90 Å². The maximum absolute atomic E-state index is 10.2. The Bertz CT molecular complexity index is 355. The first-order valence-electron chi connectivity index (χ1n) is 6.27. The van der Waals surface area contributed by atoms with E-state index in [0.29, 0.717) is 23.7 Å². The van der Waals surface area contributed by atoms with E-state index in [-0.39, 0.29) is 0 Å². The molecule has 0 saturated carbocycles. The second-order valence-corrected chi connectivity index (χ2v) is 5.48. The SMILES string of the molecule is CC1CCC(C)N1CC(O)c1ccc(Cl)cc1. The lowest BCUT2D eigenvalue weighted by Gasteiger charge is -2.28. The fourth-order valence-electron chi connectivity index (χ4n) is 2.60. The number of hydrogen-bond acceptors (Lipinski definition) is 2. The van der Waals surface area contributed by atoms with Gasteiger partial charge < -0.3 is 5.11 Å². The molecule has 94 valence electrons. The maximum atomic E-state index is 10.2. The summed E-state index contributed by atoms with van der Waals surface area (Å²) in [6, 6.07) is 8.61. The van der Waals surface area contributed by atoms with Crippen LogP contribution in [-0.4, -0.2) is 28.6 Å². The molecule has 3 unspecified atom stereocenters. The Hall–Kier alpha value is -0.570. The summed E-state index contributed by atoms with van der Waals surface area (Å²) in [5.74, 6) is 0. The largest absolute Gasteiger partial charge is 0.387 e. The molecule has 1 fully saturated rings. The Labute approximate surface area is 108 Å². The number of β-amino-alcohol motifs (C(OH)–C–C–N with tert-alkyl or cyclic N) is 1. The molecule has 17 heavy (non-hydrogen) atoms. The quantitative estimate of drug-likeness (QED) is 0.894. The lowest BCUT2D eigenvalue weighted by molar-refractivity contribution is 0.0913. The molecule has 1 aliphatic heterocycles. The van der Waals surface area contributed by atoms with Crippen LogP contribution in [0, 0.1) is 0 Å². The summed E-state index contributed by atoms with van der Waals surface area (Å²) in [5, 5.41) is 10.9. The Kier molecular flexibility index (Phi) is 4.08. The Morgan fingerprint density at radius 3 is 2.29 bits per heavy atom. The number of aliphatic hydroxyl groups excluding tert-OH is 1. The molecule has 3 atom stereocenters. The van der Waals surface area contributed by atoms with Crippen LogP contribution in [0.4, 0.5) is 0 Å². The van der Waals surface area contributed by atoms with Gasteiger partial charge in [0, 0.05) is 23.7 Å². The molecule has 0 radical (unpaired) electrons. The third kappa shape index (κ3) is 3.01. The molecule has 1 saturated heterocycles. The number of nitrogens with zero attached hydrogens (tertiary/aromatic N) is 1. The molecule has 0 amide bonds. The van der Waals surface area contributed by atoms with Crippen molar-refractivity contribution in [2.75, 3.05) is 6.54 Å². The Morgan fingerprint density at radius 2 is 1.76 bits per heavy atom. The third-order valence-corrected chi connectivity index (χ3v) is 4.03. The summed E-state index contributed by atoms with van der Waals surface area (Å²) < 4.78 is 0. The van der Waals surface area contributed by atoms with E-state index < -0.39 is 6.10 Å². The van der Waals surface area contributed by atoms with Gasteiger partial charge in [0.05, 0.1) is 6.10 Å². The van der Waals surface area contributed by atoms with E-state index >= 15 is 0 Å². The third-order valence-electron chi connectivity index (χ3n) is 3.77. The van der Waals surface area contributed by atoms with Crippen molar-refractivity contribution >= 4 is 11.6 Å². The predicted octanol–water partition coefficient (Wildman–Crippen LogP) is 3.25. The van der Waals surface area contributed by atoms with Gasteiger partial charge in [-0.2, -0.15) is 0 Å². The number of likely N-dealkylation sites (tertiary alicyclic amines) is 1. The molecule has 1 aliphatic rings. The van der Waals surface area contributed by atoms with Crippen molar-refractivity contribution in [3.05, 3.63) is 34.9 Å². The molecular formula is C14H20ClNO. The zero-order valence-electron chi connectivity index (χ0n) is 10.4. The molecule has 0 aliphatic carbocycles. The predicted molar refractivity (Wildman–Crippen MR) is 71.3 cm³/mol. The van der Waals surface area contributed by atoms with E-state index in [1.54, 1.807) is 0 Å². The van der Waals surface area contributed by atoms with Crippen molar-refractivity contribution in [3.8, 4) is 0 Å². The van der Waals surface area contributed by atoms with Crippen LogP contribution >= 0.6 is 11.6 Å². The Balaban J connectivity index is 2.01. The summed E-state index contributed by atoms with van der Waals surface area (Å²) in [6.07, 6.45) is 2.04. The van der Waals surface area contributed by atoms with Crippen molar-refractivity contribution in [1.29, 1.82) is 0 Å². The minimum absolute atomic E-state index is 0.421. The molecular weight excluding hydrogens is 234 g/mol. The zero-order chi connectivity index (χ0) is 12.4. The van der Waals surface area contributed by atoms with Gasteiger partial charge in [-0.05, 0) is 44.4 Å². The van der Waals surface area contributed by atoms with Gasteiger partial charge in [0.1, 0.15) is 0 Å². The molecule has 1 N–H and O–H groups in total. The number of aliphatic hydroxyl groups is 1. The van der Waals surface area contributed by atoms with Crippen LogP contribution in [0.1, 0.15) is 38.4 Å². The number of halogens is 1. The molecule has 1 aromatic carbocycles. The molecule has 1 aromatic rings. The van der Waals surface area contributed by atoms with Gasteiger partial charge in [-0.15, -0.1) is 0 Å². The molecule has 0 spiro atoms. The summed E-state index contributed by atoms with van der Waals surface area (Å²) in [7, 11) is 0. The molecule has 2 nitrogen and oxygen atoms in total. The molecule has 2 rings (SSSR count). The maximum Gasteiger partial charge on any atom is 0.0917 e. The van der Waals surface area contributed by atoms with E-state index in [9.17, 15) is 5.11 Å². The van der Waals surface area contributed by atoms with Gasteiger partial charge in [0.25, 0.3) is 0 Å². The van der Waals surface area contributed by atoms with Gasteiger partial charge in [0.15, 0.2) is 0 Å². The van der Waals surface area contributed by atoms with Crippen molar-refractivity contribution in [3.63, 3.8) is 0 Å². The lowest BCUT2D eigenvalue weighted by atomic mass is 10.1. The van der Waals surface area contributed by atoms with Gasteiger partial charge in [-0.25, -0.2) is 0 Å². The molecule has 0 bridgehead atoms. The summed E-state index contributed by atoms with van der Waals surface area (Å²) >= 11 is 5.84. The minimum atomic E-state index is -0.421. The average Bonchev–Trinajstić information content (AvgIpc) is 2.61. The molecule has 1 heterocycles. The van der Waals surface area contributed by atoms with Crippen molar-refractivity contribution in [2.24, 2.45) is 0 Å². The van der Waals surface area contributed by atoms with E-state index in [0.717, 1.165) is 5.56 Å². The zero-order valence-corrected chi connectivity index (χ0v) is 11.2. The average molecular weight is 254 g/mol. The fourth-order valence-corrected chi connectivity index (χ4v) is 2.72. The number of hydrogen-bond donors (Lipinski definition) is 1. The molecule has 3 heteroatoms. The second kappa shape index (κ2) is 5.38. The molecule has 0 aromatic heterocycles. The topological polar surface area (TPSA) is 23.5 Å². The van der Waals surface area contributed by atoms with Gasteiger partial charge in [-0.3, -0.25) is 4.90 Å². The highest BCUT2D eigenvalue weighted by Gasteiger charge is 2.28. The first kappa shape index (κ1) is 12.9. The number of rotatable bonds is 3. The van der Waals surface area contributed by atoms with Crippen LogP contribution in [0.3, 0.4) is 0 Å². The fraction of sp³-hybridized carbons (Fsp3) is 0.571. The van der Waals surface area contributed by atoms with E-state index in [1.807, 2.05) is 24.3 Å². The van der Waals surface area contributed by atoms with Crippen LogP contribution in [0.5, 0.6) is 0 Å². The van der Waals surface area contributed by atoms with E-state index in [1.165, 1.54) is 12.8 Å². The summed E-state index contributed by atoms with van der Waals surface area (Å²) in [5.41, 5.74) is 0.945. The minimum Gasteiger partial charge on any atom is -0.387 e. The van der Waals surface area contributed by atoms with Crippen LogP contribution in [0.25, 0.3) is 0 Å². The second-order valence-electron chi connectivity index (χ2n) is 5.04. The highest BCUT2D eigenvalue weighted by molar-refractivity contribution is 6.30. The standard InChI is InChI=1S/C14H20ClNO/c1-10-3-4-11(2)16(10)9-14(17)12-5-7-13(15)8-6-12/h5-8,10-11,14,17H,3-4,9H2,1-2H3. The van der Waals surface area contributed by atoms with E-state index in [4.69, 9.17) is 11.6 Å². The first-order chi connectivity index (χ1) is 8.08. The van der Waals surface area contributed by atoms with Gasteiger partial charge in [0.2, 0.25) is 0 Å².